The van der Waals surface area contributed by atoms with E-state index in [1.165, 1.54) is 43.4 Å². The number of rotatable bonds is 3. The molecular formula is C21H21NO2. The Bertz CT molecular complexity index is 873. The molecule has 1 heterocycles. The van der Waals surface area contributed by atoms with Gasteiger partial charge in [0.1, 0.15) is 0 Å². The first-order valence-electron chi connectivity index (χ1n) is 8.68. The molecule has 4 rings (SSSR count). The molecule has 0 spiro atoms. The molecule has 0 saturated heterocycles. The van der Waals surface area contributed by atoms with Gasteiger partial charge in [0.25, 0.3) is 0 Å². The van der Waals surface area contributed by atoms with Gasteiger partial charge in [-0.3, -0.25) is 0 Å². The van der Waals surface area contributed by atoms with Gasteiger partial charge >= 0.3 is 5.97 Å². The summed E-state index contributed by atoms with van der Waals surface area (Å²) in [5.74, 6) is -0.872. The highest BCUT2D eigenvalue weighted by molar-refractivity contribution is 5.95. The maximum Gasteiger partial charge on any atom is 0.335 e. The zero-order valence-electron chi connectivity index (χ0n) is 13.6. The summed E-state index contributed by atoms with van der Waals surface area (Å²) in [6.07, 6.45) is 6.26. The van der Waals surface area contributed by atoms with Crippen molar-refractivity contribution in [2.24, 2.45) is 0 Å². The van der Waals surface area contributed by atoms with E-state index in [-0.39, 0.29) is 0 Å². The maximum atomic E-state index is 11.3. The van der Waals surface area contributed by atoms with E-state index in [0.717, 1.165) is 10.9 Å². The van der Waals surface area contributed by atoms with Crippen LogP contribution in [0.1, 0.15) is 48.5 Å². The molecule has 122 valence electrons. The van der Waals surface area contributed by atoms with Crippen LogP contribution >= 0.6 is 0 Å². The second kappa shape index (κ2) is 6.16. The first kappa shape index (κ1) is 15.0. The summed E-state index contributed by atoms with van der Waals surface area (Å²) >= 11 is 0. The van der Waals surface area contributed by atoms with Gasteiger partial charge in [-0.15, -0.1) is 0 Å². The van der Waals surface area contributed by atoms with Crippen LogP contribution in [0.15, 0.2) is 54.6 Å². The smallest absolute Gasteiger partial charge is 0.335 e. The lowest BCUT2D eigenvalue weighted by molar-refractivity contribution is 0.0697. The molecular weight excluding hydrogens is 298 g/mol. The average molecular weight is 319 g/mol. The SMILES string of the molecule is O=C(O)c1ccc2c(c1)cc(-c1ccccc1)n2C1CCCCC1. The van der Waals surface area contributed by atoms with E-state index in [1.807, 2.05) is 12.1 Å². The molecule has 3 aromatic rings. The third kappa shape index (κ3) is 2.60. The number of benzene rings is 2. The maximum absolute atomic E-state index is 11.3. The molecule has 1 N–H and O–H groups in total. The molecule has 3 nitrogen and oxygen atoms in total. The summed E-state index contributed by atoms with van der Waals surface area (Å²) < 4.78 is 2.44. The topological polar surface area (TPSA) is 42.2 Å². The molecule has 1 fully saturated rings. The number of hydrogen-bond donors (Lipinski definition) is 1. The molecule has 0 atom stereocenters. The third-order valence-electron chi connectivity index (χ3n) is 5.10. The summed E-state index contributed by atoms with van der Waals surface area (Å²) in [5, 5.41) is 10.3. The van der Waals surface area contributed by atoms with E-state index >= 15 is 0 Å². The Morgan fingerprint density at radius 2 is 1.71 bits per heavy atom. The van der Waals surface area contributed by atoms with Crippen molar-refractivity contribution in [3.63, 3.8) is 0 Å². The molecule has 3 heteroatoms. The van der Waals surface area contributed by atoms with E-state index in [4.69, 9.17) is 0 Å². The molecule has 0 aliphatic heterocycles. The van der Waals surface area contributed by atoms with Crippen LogP contribution in [0.5, 0.6) is 0 Å². The fourth-order valence-corrected chi connectivity index (χ4v) is 3.93. The largest absolute Gasteiger partial charge is 0.478 e. The fourth-order valence-electron chi connectivity index (χ4n) is 3.93. The van der Waals surface area contributed by atoms with Crippen molar-refractivity contribution >= 4 is 16.9 Å². The summed E-state index contributed by atoms with van der Waals surface area (Å²) in [4.78, 5) is 11.3. The van der Waals surface area contributed by atoms with E-state index < -0.39 is 5.97 Å². The molecule has 0 unspecified atom stereocenters. The van der Waals surface area contributed by atoms with E-state index in [9.17, 15) is 9.90 Å². The third-order valence-corrected chi connectivity index (χ3v) is 5.10. The highest BCUT2D eigenvalue weighted by Gasteiger charge is 2.21. The van der Waals surface area contributed by atoms with Crippen LogP contribution in [0.3, 0.4) is 0 Å². The molecule has 0 radical (unpaired) electrons. The van der Waals surface area contributed by atoms with Crippen LogP contribution in [-0.2, 0) is 0 Å². The van der Waals surface area contributed by atoms with E-state index in [1.54, 1.807) is 12.1 Å². The summed E-state index contributed by atoms with van der Waals surface area (Å²) in [7, 11) is 0. The number of carboxylic acids is 1. The quantitative estimate of drug-likeness (QED) is 0.691. The fraction of sp³-hybridized carbons (Fsp3) is 0.286. The van der Waals surface area contributed by atoms with Crippen molar-refractivity contribution in [1.82, 2.24) is 4.57 Å². The van der Waals surface area contributed by atoms with Gasteiger partial charge in [-0.05, 0) is 42.7 Å². The zero-order valence-corrected chi connectivity index (χ0v) is 13.6. The van der Waals surface area contributed by atoms with Gasteiger partial charge in [0.15, 0.2) is 0 Å². The number of aromatic carboxylic acids is 1. The summed E-state index contributed by atoms with van der Waals surface area (Å²) in [5.41, 5.74) is 3.88. The number of fused-ring (bicyclic) bond motifs is 1. The number of nitrogens with zero attached hydrogens (tertiary/aromatic N) is 1. The zero-order chi connectivity index (χ0) is 16.5. The van der Waals surface area contributed by atoms with Crippen molar-refractivity contribution in [2.45, 2.75) is 38.1 Å². The number of carbonyl (C=O) groups is 1. The minimum atomic E-state index is -0.872. The van der Waals surface area contributed by atoms with Gasteiger partial charge in [0, 0.05) is 22.6 Å². The Labute approximate surface area is 141 Å². The Balaban J connectivity index is 1.93. The Morgan fingerprint density at radius 3 is 2.42 bits per heavy atom. The Hall–Kier alpha value is -2.55. The van der Waals surface area contributed by atoms with Gasteiger partial charge in [-0.2, -0.15) is 0 Å². The van der Waals surface area contributed by atoms with E-state index in [0.29, 0.717) is 11.6 Å². The predicted octanol–water partition coefficient (Wildman–Crippen LogP) is 5.51. The van der Waals surface area contributed by atoms with Gasteiger partial charge < -0.3 is 9.67 Å². The van der Waals surface area contributed by atoms with Gasteiger partial charge in [-0.1, -0.05) is 49.6 Å². The molecule has 1 aromatic heterocycles. The molecule has 1 saturated carbocycles. The highest BCUT2D eigenvalue weighted by Crippen LogP contribution is 2.37. The van der Waals surface area contributed by atoms with Crippen LogP contribution in [0.4, 0.5) is 0 Å². The Morgan fingerprint density at radius 1 is 0.958 bits per heavy atom. The van der Waals surface area contributed by atoms with Crippen molar-refractivity contribution in [2.75, 3.05) is 0 Å². The molecule has 0 bridgehead atoms. The summed E-state index contributed by atoms with van der Waals surface area (Å²) in [6.45, 7) is 0. The monoisotopic (exact) mass is 319 g/mol. The van der Waals surface area contributed by atoms with Crippen LogP contribution in [0, 0.1) is 0 Å². The highest BCUT2D eigenvalue weighted by atomic mass is 16.4. The molecule has 0 amide bonds. The second-order valence-corrected chi connectivity index (χ2v) is 6.64. The van der Waals surface area contributed by atoms with Crippen molar-refractivity contribution in [3.05, 3.63) is 60.2 Å². The normalized spacial score (nSPS) is 15.7. The van der Waals surface area contributed by atoms with Crippen molar-refractivity contribution in [1.29, 1.82) is 0 Å². The lowest BCUT2D eigenvalue weighted by Crippen LogP contribution is -2.13. The standard InChI is InChI=1S/C21H21NO2/c23-21(24)16-11-12-19-17(13-16)14-20(15-7-3-1-4-8-15)22(19)18-9-5-2-6-10-18/h1,3-4,7-8,11-14,18H,2,5-6,9-10H2,(H,23,24). The Kier molecular flexibility index (Phi) is 3.85. The minimum Gasteiger partial charge on any atom is -0.478 e. The molecule has 1 aliphatic carbocycles. The average Bonchev–Trinajstić information content (AvgIpc) is 3.01. The molecule has 1 aliphatic rings. The van der Waals surface area contributed by atoms with Crippen molar-refractivity contribution < 1.29 is 9.90 Å². The number of hydrogen-bond acceptors (Lipinski definition) is 1. The number of aromatic nitrogens is 1. The molecule has 24 heavy (non-hydrogen) atoms. The van der Waals surface area contributed by atoms with Crippen LogP contribution in [0.25, 0.3) is 22.2 Å². The van der Waals surface area contributed by atoms with Crippen LogP contribution in [0.2, 0.25) is 0 Å². The first-order chi connectivity index (χ1) is 11.7. The van der Waals surface area contributed by atoms with Crippen LogP contribution < -0.4 is 0 Å². The van der Waals surface area contributed by atoms with Gasteiger partial charge in [0.2, 0.25) is 0 Å². The van der Waals surface area contributed by atoms with Gasteiger partial charge in [-0.25, -0.2) is 4.79 Å². The lowest BCUT2D eigenvalue weighted by Gasteiger charge is -2.26. The van der Waals surface area contributed by atoms with Crippen LogP contribution in [-0.4, -0.2) is 15.6 Å². The van der Waals surface area contributed by atoms with Gasteiger partial charge in [0.05, 0.1) is 5.56 Å². The predicted molar refractivity (Wildman–Crippen MR) is 96.5 cm³/mol. The minimum absolute atomic E-state index is 0.350. The molecule has 2 aromatic carbocycles. The first-order valence-corrected chi connectivity index (χ1v) is 8.68. The second-order valence-electron chi connectivity index (χ2n) is 6.64. The summed E-state index contributed by atoms with van der Waals surface area (Å²) in [6, 6.07) is 18.5. The van der Waals surface area contributed by atoms with E-state index in [2.05, 4.69) is 34.9 Å². The number of carboxylic acid groups (broad SMARTS) is 1. The van der Waals surface area contributed by atoms with Crippen molar-refractivity contribution in [3.8, 4) is 11.3 Å². The lowest BCUT2D eigenvalue weighted by atomic mass is 9.94.